The fraction of sp³-hybridized carbons (Fsp3) is 0.647. The molecule has 1 rings (SSSR count). The molecule has 1 atom stereocenters. The Morgan fingerprint density at radius 3 is 1.86 bits per heavy atom. The van der Waals surface area contributed by atoms with E-state index in [0.29, 0.717) is 19.8 Å². The van der Waals surface area contributed by atoms with Crippen molar-refractivity contribution in [3.63, 3.8) is 0 Å². The van der Waals surface area contributed by atoms with Gasteiger partial charge in [0.2, 0.25) is 0 Å². The standard InChI is InChI=1S/C17H30O4Si/c1-5-9-15-17(21-16-13-11-10-12-14-16)22(18-6-2,19-7-3)20-8-4/h10-14,17H,5-9,15H2,1-4H3. The Morgan fingerprint density at radius 2 is 1.41 bits per heavy atom. The molecule has 0 saturated heterocycles. The Morgan fingerprint density at radius 1 is 0.864 bits per heavy atom. The zero-order valence-electron chi connectivity index (χ0n) is 14.3. The minimum atomic E-state index is -2.87. The first-order chi connectivity index (χ1) is 10.7. The second-order valence-corrected chi connectivity index (χ2v) is 7.68. The van der Waals surface area contributed by atoms with Crippen LogP contribution in [0.5, 0.6) is 5.75 Å². The maximum Gasteiger partial charge on any atom is 0.543 e. The lowest BCUT2D eigenvalue weighted by Crippen LogP contribution is -2.59. The number of rotatable bonds is 12. The molecule has 0 heterocycles. The molecule has 126 valence electrons. The SMILES string of the molecule is CCCCC(Oc1ccccc1)[Si](OCC)(OCC)OCC. The van der Waals surface area contributed by atoms with Crippen molar-refractivity contribution in [1.29, 1.82) is 0 Å². The lowest BCUT2D eigenvalue weighted by molar-refractivity contribution is 0.0266. The second-order valence-electron chi connectivity index (χ2n) is 4.96. The molecule has 5 heteroatoms. The first-order valence-corrected chi connectivity index (χ1v) is 10.2. The van der Waals surface area contributed by atoms with E-state index in [1.807, 2.05) is 51.1 Å². The molecular weight excluding hydrogens is 296 g/mol. The van der Waals surface area contributed by atoms with Gasteiger partial charge in [-0.15, -0.1) is 0 Å². The van der Waals surface area contributed by atoms with Crippen LogP contribution in [-0.4, -0.2) is 34.4 Å². The van der Waals surface area contributed by atoms with Crippen LogP contribution >= 0.6 is 0 Å². The van der Waals surface area contributed by atoms with Gasteiger partial charge in [0.15, 0.2) is 5.73 Å². The summed E-state index contributed by atoms with van der Waals surface area (Å²) in [5.41, 5.74) is -0.172. The number of benzene rings is 1. The highest BCUT2D eigenvalue weighted by Gasteiger charge is 2.51. The number of unbranched alkanes of at least 4 members (excludes halogenated alkanes) is 1. The van der Waals surface area contributed by atoms with Crippen LogP contribution in [0.4, 0.5) is 0 Å². The number of hydrogen-bond acceptors (Lipinski definition) is 4. The molecule has 4 nitrogen and oxygen atoms in total. The molecular formula is C17H30O4Si. The largest absolute Gasteiger partial charge is 0.543 e. The van der Waals surface area contributed by atoms with E-state index in [4.69, 9.17) is 18.0 Å². The Hall–Kier alpha value is -0.883. The van der Waals surface area contributed by atoms with E-state index >= 15 is 0 Å². The molecule has 0 aliphatic heterocycles. The molecule has 0 N–H and O–H groups in total. The van der Waals surface area contributed by atoms with E-state index in [1.165, 1.54) is 0 Å². The number of ether oxygens (including phenoxy) is 1. The smallest absolute Gasteiger partial charge is 0.486 e. The Balaban J connectivity index is 3.00. The summed E-state index contributed by atoms with van der Waals surface area (Å²) in [4.78, 5) is 0. The van der Waals surface area contributed by atoms with Gasteiger partial charge < -0.3 is 18.0 Å². The Labute approximate surface area is 136 Å². The lowest BCUT2D eigenvalue weighted by atomic mass is 10.2. The summed E-state index contributed by atoms with van der Waals surface area (Å²) < 4.78 is 24.3. The van der Waals surface area contributed by atoms with Gasteiger partial charge in [0, 0.05) is 19.8 Å². The van der Waals surface area contributed by atoms with Crippen LogP contribution in [0.1, 0.15) is 47.0 Å². The van der Waals surface area contributed by atoms with Crippen LogP contribution in [0, 0.1) is 0 Å². The first kappa shape index (κ1) is 19.2. The van der Waals surface area contributed by atoms with Crippen molar-refractivity contribution in [2.75, 3.05) is 19.8 Å². The molecule has 0 bridgehead atoms. The van der Waals surface area contributed by atoms with E-state index < -0.39 is 8.80 Å². The predicted octanol–water partition coefficient (Wildman–Crippen LogP) is 4.21. The molecule has 1 unspecified atom stereocenters. The van der Waals surface area contributed by atoms with Crippen LogP contribution in [0.15, 0.2) is 30.3 Å². The summed E-state index contributed by atoms with van der Waals surface area (Å²) in [6.45, 7) is 9.77. The number of para-hydroxylation sites is 1. The summed E-state index contributed by atoms with van der Waals surface area (Å²) >= 11 is 0. The predicted molar refractivity (Wildman–Crippen MR) is 91.0 cm³/mol. The third kappa shape index (κ3) is 5.72. The highest BCUT2D eigenvalue weighted by atomic mass is 28.4. The molecule has 1 aromatic carbocycles. The zero-order chi connectivity index (χ0) is 16.3. The maximum atomic E-state index is 6.23. The Bertz CT molecular complexity index is 368. The first-order valence-electron chi connectivity index (χ1n) is 8.35. The van der Waals surface area contributed by atoms with Crippen molar-refractivity contribution in [3.8, 4) is 5.75 Å². The van der Waals surface area contributed by atoms with Crippen LogP contribution in [-0.2, 0) is 13.3 Å². The summed E-state index contributed by atoms with van der Waals surface area (Å²) in [6, 6.07) is 9.84. The Kier molecular flexibility index (Phi) is 9.39. The normalized spacial score (nSPS) is 13.1. The van der Waals surface area contributed by atoms with Gasteiger partial charge in [0.05, 0.1) is 0 Å². The van der Waals surface area contributed by atoms with Crippen molar-refractivity contribution in [1.82, 2.24) is 0 Å². The summed E-state index contributed by atoms with van der Waals surface area (Å²) in [7, 11) is -2.87. The van der Waals surface area contributed by atoms with E-state index in [0.717, 1.165) is 25.0 Å². The van der Waals surface area contributed by atoms with Gasteiger partial charge in [-0.25, -0.2) is 0 Å². The van der Waals surface area contributed by atoms with Gasteiger partial charge in [-0.1, -0.05) is 38.0 Å². The highest BCUT2D eigenvalue weighted by Crippen LogP contribution is 2.25. The van der Waals surface area contributed by atoms with Gasteiger partial charge >= 0.3 is 8.80 Å². The third-order valence-electron chi connectivity index (χ3n) is 3.27. The minimum Gasteiger partial charge on any atom is -0.486 e. The summed E-state index contributed by atoms with van der Waals surface area (Å²) in [6.07, 6.45) is 3.03. The fourth-order valence-electron chi connectivity index (χ4n) is 2.37. The molecule has 0 aromatic heterocycles. The van der Waals surface area contributed by atoms with Crippen molar-refractivity contribution in [3.05, 3.63) is 30.3 Å². The molecule has 0 spiro atoms. The molecule has 0 aliphatic rings. The lowest BCUT2D eigenvalue weighted by Gasteiger charge is -2.35. The van der Waals surface area contributed by atoms with Crippen molar-refractivity contribution in [2.45, 2.75) is 52.7 Å². The van der Waals surface area contributed by atoms with Crippen molar-refractivity contribution in [2.24, 2.45) is 0 Å². The van der Waals surface area contributed by atoms with Gasteiger partial charge in [0.1, 0.15) is 5.75 Å². The average Bonchev–Trinajstić information content (AvgIpc) is 2.53. The maximum absolute atomic E-state index is 6.23. The van der Waals surface area contributed by atoms with Gasteiger partial charge in [0.25, 0.3) is 0 Å². The van der Waals surface area contributed by atoms with E-state index in [2.05, 4.69) is 6.92 Å². The number of hydrogen-bond donors (Lipinski definition) is 0. The second kappa shape index (κ2) is 10.8. The molecule has 0 amide bonds. The minimum absolute atomic E-state index is 0.172. The molecule has 1 aromatic rings. The quantitative estimate of drug-likeness (QED) is 0.539. The van der Waals surface area contributed by atoms with Gasteiger partial charge in [-0.05, 0) is 39.3 Å². The van der Waals surface area contributed by atoms with Crippen molar-refractivity contribution < 1.29 is 18.0 Å². The van der Waals surface area contributed by atoms with E-state index in [-0.39, 0.29) is 5.73 Å². The van der Waals surface area contributed by atoms with Gasteiger partial charge in [-0.2, -0.15) is 0 Å². The molecule has 22 heavy (non-hydrogen) atoms. The third-order valence-corrected chi connectivity index (χ3v) is 6.54. The van der Waals surface area contributed by atoms with E-state index in [1.54, 1.807) is 0 Å². The summed E-state index contributed by atoms with van der Waals surface area (Å²) in [5, 5.41) is 0. The molecule has 0 aliphatic carbocycles. The van der Waals surface area contributed by atoms with Crippen molar-refractivity contribution >= 4 is 8.80 Å². The van der Waals surface area contributed by atoms with Crippen LogP contribution in [0.3, 0.4) is 0 Å². The average molecular weight is 327 g/mol. The topological polar surface area (TPSA) is 36.9 Å². The fourth-order valence-corrected chi connectivity index (χ4v) is 5.22. The van der Waals surface area contributed by atoms with Crippen LogP contribution in [0.2, 0.25) is 0 Å². The molecule has 0 saturated carbocycles. The zero-order valence-corrected chi connectivity index (χ0v) is 15.3. The molecule has 0 radical (unpaired) electrons. The van der Waals surface area contributed by atoms with E-state index in [9.17, 15) is 0 Å². The van der Waals surface area contributed by atoms with Crippen LogP contribution < -0.4 is 4.74 Å². The molecule has 0 fully saturated rings. The van der Waals surface area contributed by atoms with Gasteiger partial charge in [-0.3, -0.25) is 0 Å². The monoisotopic (exact) mass is 326 g/mol. The summed E-state index contributed by atoms with van der Waals surface area (Å²) in [5.74, 6) is 0.833. The van der Waals surface area contributed by atoms with Crippen LogP contribution in [0.25, 0.3) is 0 Å². The highest BCUT2D eigenvalue weighted by molar-refractivity contribution is 6.62.